The first kappa shape index (κ1) is 9.27. The van der Waals surface area contributed by atoms with Crippen LogP contribution in [0.3, 0.4) is 0 Å². The molecule has 1 aromatic carbocycles. The number of benzene rings is 1. The van der Waals surface area contributed by atoms with E-state index >= 15 is 0 Å². The lowest BCUT2D eigenvalue weighted by Crippen LogP contribution is -2.05. The third-order valence-corrected chi connectivity index (χ3v) is 1.64. The predicted octanol–water partition coefficient (Wildman–Crippen LogP) is 2.50. The van der Waals surface area contributed by atoms with Crippen LogP contribution in [0, 0.1) is 13.5 Å². The van der Waals surface area contributed by atoms with Crippen molar-refractivity contribution in [3.8, 4) is 0 Å². The highest BCUT2D eigenvalue weighted by Gasteiger charge is 1.99. The number of carbonyl (C=O) groups is 1. The standard InChI is InChI=1S/C10H10N2O/c1-7-6-9(12-8(2)13)4-5-10(7)11-3/h4-6H,1-2H3,(H,12,13). The van der Waals surface area contributed by atoms with Crippen LogP contribution in [0.2, 0.25) is 0 Å². The van der Waals surface area contributed by atoms with Crippen molar-refractivity contribution < 1.29 is 4.79 Å². The molecule has 0 bridgehead atoms. The zero-order valence-corrected chi connectivity index (χ0v) is 7.59. The average Bonchev–Trinajstić information content (AvgIpc) is 2.03. The molecule has 0 radical (unpaired) electrons. The number of rotatable bonds is 1. The van der Waals surface area contributed by atoms with Gasteiger partial charge in [0.2, 0.25) is 5.91 Å². The summed E-state index contributed by atoms with van der Waals surface area (Å²) in [6.45, 7) is 10.1. The summed E-state index contributed by atoms with van der Waals surface area (Å²) in [7, 11) is 0. The average molecular weight is 174 g/mol. The molecule has 1 rings (SSSR count). The quantitative estimate of drug-likeness (QED) is 0.652. The fraction of sp³-hybridized carbons (Fsp3) is 0.200. The predicted molar refractivity (Wildman–Crippen MR) is 51.7 cm³/mol. The number of nitrogens with zero attached hydrogens (tertiary/aromatic N) is 1. The van der Waals surface area contributed by atoms with Gasteiger partial charge in [-0.1, -0.05) is 6.07 Å². The third kappa shape index (κ3) is 2.31. The van der Waals surface area contributed by atoms with Gasteiger partial charge in [-0.15, -0.1) is 0 Å². The Bertz CT molecular complexity index is 377. The Labute approximate surface area is 77.2 Å². The first-order chi connectivity index (χ1) is 6.13. The fourth-order valence-electron chi connectivity index (χ4n) is 1.06. The molecule has 3 heteroatoms. The van der Waals surface area contributed by atoms with Gasteiger partial charge < -0.3 is 5.32 Å². The van der Waals surface area contributed by atoms with E-state index in [1.165, 1.54) is 6.92 Å². The zero-order chi connectivity index (χ0) is 9.84. The van der Waals surface area contributed by atoms with Gasteiger partial charge in [0, 0.05) is 12.6 Å². The van der Waals surface area contributed by atoms with Crippen LogP contribution in [0.4, 0.5) is 11.4 Å². The molecule has 0 aromatic heterocycles. The number of hydrogen-bond donors (Lipinski definition) is 1. The number of amides is 1. The SMILES string of the molecule is [C-]#[N+]c1ccc(NC(C)=O)cc1C. The van der Waals surface area contributed by atoms with Crippen molar-refractivity contribution in [3.05, 3.63) is 35.2 Å². The van der Waals surface area contributed by atoms with Crippen LogP contribution in [0.1, 0.15) is 12.5 Å². The molecule has 0 fully saturated rings. The lowest BCUT2D eigenvalue weighted by atomic mass is 10.2. The Hall–Kier alpha value is -1.82. The van der Waals surface area contributed by atoms with Gasteiger partial charge in [0.05, 0.1) is 6.57 Å². The second kappa shape index (κ2) is 3.72. The summed E-state index contributed by atoms with van der Waals surface area (Å²) in [4.78, 5) is 14.0. The maximum Gasteiger partial charge on any atom is 0.221 e. The van der Waals surface area contributed by atoms with Crippen LogP contribution in [0.25, 0.3) is 4.85 Å². The van der Waals surface area contributed by atoms with Gasteiger partial charge in [-0.3, -0.25) is 4.79 Å². The minimum absolute atomic E-state index is 0.102. The van der Waals surface area contributed by atoms with E-state index in [9.17, 15) is 4.79 Å². The molecule has 1 aromatic rings. The highest BCUT2D eigenvalue weighted by Crippen LogP contribution is 2.21. The molecule has 0 unspecified atom stereocenters. The van der Waals surface area contributed by atoms with Crippen molar-refractivity contribution in [3.63, 3.8) is 0 Å². The Balaban J connectivity index is 2.97. The van der Waals surface area contributed by atoms with E-state index < -0.39 is 0 Å². The molecule has 13 heavy (non-hydrogen) atoms. The molecule has 0 aliphatic rings. The van der Waals surface area contributed by atoms with Crippen molar-refractivity contribution in [2.45, 2.75) is 13.8 Å². The Morgan fingerprint density at radius 3 is 2.69 bits per heavy atom. The summed E-state index contributed by atoms with van der Waals surface area (Å²) < 4.78 is 0. The highest BCUT2D eigenvalue weighted by molar-refractivity contribution is 5.89. The second-order valence-electron chi connectivity index (χ2n) is 2.79. The van der Waals surface area contributed by atoms with Gasteiger partial charge in [-0.05, 0) is 24.6 Å². The summed E-state index contributed by atoms with van der Waals surface area (Å²) in [6.07, 6.45) is 0. The summed E-state index contributed by atoms with van der Waals surface area (Å²) in [5.74, 6) is -0.102. The Morgan fingerprint density at radius 2 is 2.23 bits per heavy atom. The summed E-state index contributed by atoms with van der Waals surface area (Å²) in [5.41, 5.74) is 2.23. The monoisotopic (exact) mass is 174 g/mol. The van der Waals surface area contributed by atoms with E-state index in [0.717, 1.165) is 11.3 Å². The minimum Gasteiger partial charge on any atom is -0.326 e. The Kier molecular flexibility index (Phi) is 2.65. The molecule has 1 N–H and O–H groups in total. The molecule has 0 aliphatic heterocycles. The van der Waals surface area contributed by atoms with Gasteiger partial charge in [0.25, 0.3) is 0 Å². The van der Waals surface area contributed by atoms with E-state index in [4.69, 9.17) is 6.57 Å². The van der Waals surface area contributed by atoms with E-state index in [2.05, 4.69) is 10.2 Å². The zero-order valence-electron chi connectivity index (χ0n) is 7.59. The number of hydrogen-bond acceptors (Lipinski definition) is 1. The maximum absolute atomic E-state index is 10.7. The van der Waals surface area contributed by atoms with Crippen LogP contribution in [0.5, 0.6) is 0 Å². The largest absolute Gasteiger partial charge is 0.326 e. The molecule has 0 atom stereocenters. The van der Waals surface area contributed by atoms with Gasteiger partial charge >= 0.3 is 0 Å². The minimum atomic E-state index is -0.102. The summed E-state index contributed by atoms with van der Waals surface area (Å²) in [5, 5.41) is 2.66. The van der Waals surface area contributed by atoms with E-state index in [1.54, 1.807) is 18.2 Å². The Morgan fingerprint density at radius 1 is 1.54 bits per heavy atom. The normalized spacial score (nSPS) is 9.00. The van der Waals surface area contributed by atoms with E-state index in [-0.39, 0.29) is 5.91 Å². The molecule has 1 amide bonds. The molecule has 66 valence electrons. The van der Waals surface area contributed by atoms with Crippen LogP contribution in [-0.4, -0.2) is 5.91 Å². The lowest BCUT2D eigenvalue weighted by molar-refractivity contribution is -0.114. The molecule has 0 saturated heterocycles. The maximum atomic E-state index is 10.7. The number of aryl methyl sites for hydroxylation is 1. The van der Waals surface area contributed by atoms with Crippen molar-refractivity contribution in [1.29, 1.82) is 0 Å². The van der Waals surface area contributed by atoms with Crippen molar-refractivity contribution >= 4 is 17.3 Å². The van der Waals surface area contributed by atoms with Gasteiger partial charge in [-0.25, -0.2) is 4.85 Å². The first-order valence-corrected chi connectivity index (χ1v) is 3.89. The van der Waals surface area contributed by atoms with Gasteiger partial charge in [-0.2, -0.15) is 0 Å². The van der Waals surface area contributed by atoms with Gasteiger partial charge in [0.1, 0.15) is 0 Å². The van der Waals surface area contributed by atoms with Crippen LogP contribution >= 0.6 is 0 Å². The van der Waals surface area contributed by atoms with Crippen molar-refractivity contribution in [2.24, 2.45) is 0 Å². The molecule has 0 spiro atoms. The molecule has 0 saturated carbocycles. The number of carbonyl (C=O) groups excluding carboxylic acids is 1. The smallest absolute Gasteiger partial charge is 0.221 e. The van der Waals surface area contributed by atoms with Crippen LogP contribution in [0.15, 0.2) is 18.2 Å². The fourth-order valence-corrected chi connectivity index (χ4v) is 1.06. The molecular weight excluding hydrogens is 164 g/mol. The first-order valence-electron chi connectivity index (χ1n) is 3.89. The van der Waals surface area contributed by atoms with Gasteiger partial charge in [0.15, 0.2) is 5.69 Å². The van der Waals surface area contributed by atoms with Crippen LogP contribution in [-0.2, 0) is 4.79 Å². The van der Waals surface area contributed by atoms with Crippen molar-refractivity contribution in [1.82, 2.24) is 0 Å². The molecular formula is C10H10N2O. The number of nitrogens with one attached hydrogen (secondary N) is 1. The summed E-state index contributed by atoms with van der Waals surface area (Å²) >= 11 is 0. The summed E-state index contributed by atoms with van der Waals surface area (Å²) in [6, 6.07) is 5.21. The molecule has 0 aliphatic carbocycles. The topological polar surface area (TPSA) is 33.5 Å². The van der Waals surface area contributed by atoms with E-state index in [1.807, 2.05) is 6.92 Å². The van der Waals surface area contributed by atoms with Crippen LogP contribution < -0.4 is 5.32 Å². The second-order valence-corrected chi connectivity index (χ2v) is 2.79. The third-order valence-electron chi connectivity index (χ3n) is 1.64. The van der Waals surface area contributed by atoms with Crippen molar-refractivity contribution in [2.75, 3.05) is 5.32 Å². The highest BCUT2D eigenvalue weighted by atomic mass is 16.1. The van der Waals surface area contributed by atoms with E-state index in [0.29, 0.717) is 5.69 Å². The molecule has 0 heterocycles. The lowest BCUT2D eigenvalue weighted by Gasteiger charge is -2.03. The number of anilines is 1. The molecule has 3 nitrogen and oxygen atoms in total.